The Bertz CT molecular complexity index is 762. The molecule has 3 rings (SSSR count). The molecule has 1 aromatic heterocycles. The van der Waals surface area contributed by atoms with E-state index in [9.17, 15) is 14.0 Å². The van der Waals surface area contributed by atoms with Crippen LogP contribution in [-0.2, 0) is 17.8 Å². The fourth-order valence-electron chi connectivity index (χ4n) is 2.40. The molecule has 0 atom stereocenters. The summed E-state index contributed by atoms with van der Waals surface area (Å²) in [6, 6.07) is 8.04. The molecular weight excluding hydrogens is 305 g/mol. The molecule has 0 saturated heterocycles. The van der Waals surface area contributed by atoms with Crippen molar-refractivity contribution in [2.24, 2.45) is 0 Å². The third-order valence-electron chi connectivity index (χ3n) is 3.56. The zero-order valence-corrected chi connectivity index (χ0v) is 12.5. The summed E-state index contributed by atoms with van der Waals surface area (Å²) in [5, 5.41) is 0.0470. The van der Waals surface area contributed by atoms with Crippen LogP contribution in [0.2, 0.25) is 0 Å². The second kappa shape index (κ2) is 6.31. The number of benzene rings is 1. The van der Waals surface area contributed by atoms with Crippen molar-refractivity contribution in [3.63, 3.8) is 0 Å². The first-order valence-corrected chi connectivity index (χ1v) is 7.84. The third-order valence-corrected chi connectivity index (χ3v) is 4.53. The molecule has 0 saturated carbocycles. The zero-order chi connectivity index (χ0) is 15.5. The first-order valence-electron chi connectivity index (χ1n) is 6.85. The van der Waals surface area contributed by atoms with Gasteiger partial charge in [0.05, 0.1) is 11.9 Å². The second-order valence-corrected chi connectivity index (χ2v) is 5.97. The maximum Gasteiger partial charge on any atom is 0.345 e. The topological polar surface area (TPSA) is 66.1 Å². The maximum atomic E-state index is 13.5. The van der Waals surface area contributed by atoms with Crippen LogP contribution in [0.5, 0.6) is 0 Å². The van der Waals surface area contributed by atoms with Crippen LogP contribution in [0.4, 0.5) is 4.39 Å². The highest BCUT2D eigenvalue weighted by molar-refractivity contribution is 7.99. The number of carbonyl (C=O) groups is 1. The number of thioether (sulfide) groups is 1. The Morgan fingerprint density at radius 1 is 1.36 bits per heavy atom. The number of H-pyrrole nitrogens is 1. The van der Waals surface area contributed by atoms with E-state index in [0.717, 1.165) is 29.9 Å². The SMILES string of the molecule is O=C(CSc1[nH]c(=O)ncc1F)N1CCc2ccccc2C1. The lowest BCUT2D eigenvalue weighted by Crippen LogP contribution is -2.37. The van der Waals surface area contributed by atoms with Crippen molar-refractivity contribution in [1.29, 1.82) is 0 Å². The fourth-order valence-corrected chi connectivity index (χ4v) is 3.20. The van der Waals surface area contributed by atoms with Gasteiger partial charge in [-0.3, -0.25) is 9.78 Å². The minimum Gasteiger partial charge on any atom is -0.337 e. The Labute approximate surface area is 130 Å². The minimum atomic E-state index is -0.624. The van der Waals surface area contributed by atoms with Crippen molar-refractivity contribution in [2.75, 3.05) is 12.3 Å². The van der Waals surface area contributed by atoms with Crippen molar-refractivity contribution in [2.45, 2.75) is 18.0 Å². The van der Waals surface area contributed by atoms with Gasteiger partial charge < -0.3 is 4.90 Å². The Hall–Kier alpha value is -2.15. The Morgan fingerprint density at radius 2 is 2.14 bits per heavy atom. The van der Waals surface area contributed by atoms with Crippen molar-refractivity contribution in [1.82, 2.24) is 14.9 Å². The highest BCUT2D eigenvalue weighted by atomic mass is 32.2. The number of nitrogens with zero attached hydrogens (tertiary/aromatic N) is 2. The lowest BCUT2D eigenvalue weighted by atomic mass is 10.00. The average Bonchev–Trinajstić information content (AvgIpc) is 2.55. The van der Waals surface area contributed by atoms with E-state index in [1.54, 1.807) is 4.90 Å². The predicted molar refractivity (Wildman–Crippen MR) is 81.1 cm³/mol. The molecule has 1 aromatic carbocycles. The molecule has 1 N–H and O–H groups in total. The normalized spacial score (nSPS) is 13.8. The largest absolute Gasteiger partial charge is 0.345 e. The summed E-state index contributed by atoms with van der Waals surface area (Å²) < 4.78 is 13.5. The number of hydrogen-bond acceptors (Lipinski definition) is 4. The van der Waals surface area contributed by atoms with Gasteiger partial charge >= 0.3 is 5.69 Å². The highest BCUT2D eigenvalue weighted by Gasteiger charge is 2.20. The van der Waals surface area contributed by atoms with Crippen molar-refractivity contribution in [3.05, 3.63) is 57.9 Å². The summed E-state index contributed by atoms with van der Waals surface area (Å²) in [6.45, 7) is 1.23. The molecule has 0 fully saturated rings. The molecular formula is C15H14FN3O2S. The molecule has 1 aliphatic rings. The summed E-state index contributed by atoms with van der Waals surface area (Å²) in [6.07, 6.45) is 1.69. The van der Waals surface area contributed by atoms with Crippen LogP contribution in [0.3, 0.4) is 0 Å². The van der Waals surface area contributed by atoms with Crippen molar-refractivity contribution >= 4 is 17.7 Å². The number of aromatic nitrogens is 2. The van der Waals surface area contributed by atoms with Gasteiger partial charge in [-0.15, -0.1) is 0 Å². The molecule has 0 unspecified atom stereocenters. The molecule has 22 heavy (non-hydrogen) atoms. The van der Waals surface area contributed by atoms with Crippen molar-refractivity contribution in [3.8, 4) is 0 Å². The molecule has 7 heteroatoms. The molecule has 5 nitrogen and oxygen atoms in total. The maximum absolute atomic E-state index is 13.5. The number of halogens is 1. The van der Waals surface area contributed by atoms with E-state index in [-0.39, 0.29) is 16.7 Å². The standard InChI is InChI=1S/C15H14FN3O2S/c16-12-7-17-15(21)18-14(12)22-9-13(20)19-6-5-10-3-1-2-4-11(10)8-19/h1-4,7H,5-6,8-9H2,(H,17,18,21). The number of nitrogens with one attached hydrogen (secondary N) is 1. The summed E-state index contributed by atoms with van der Waals surface area (Å²) in [4.78, 5) is 30.7. The number of hydrogen-bond donors (Lipinski definition) is 1. The van der Waals surface area contributed by atoms with E-state index in [0.29, 0.717) is 13.1 Å². The van der Waals surface area contributed by atoms with Crippen LogP contribution in [0, 0.1) is 5.82 Å². The Balaban J connectivity index is 1.64. The summed E-state index contributed by atoms with van der Waals surface area (Å²) in [7, 11) is 0. The molecule has 0 spiro atoms. The third kappa shape index (κ3) is 3.19. The van der Waals surface area contributed by atoms with Crippen LogP contribution in [0.25, 0.3) is 0 Å². The van der Waals surface area contributed by atoms with Crippen LogP contribution < -0.4 is 5.69 Å². The van der Waals surface area contributed by atoms with Gasteiger partial charge in [-0.1, -0.05) is 36.0 Å². The van der Waals surface area contributed by atoms with E-state index in [1.165, 1.54) is 5.56 Å². The van der Waals surface area contributed by atoms with Gasteiger partial charge in [0.25, 0.3) is 0 Å². The molecule has 0 bridgehead atoms. The monoisotopic (exact) mass is 319 g/mol. The van der Waals surface area contributed by atoms with Crippen LogP contribution in [0.1, 0.15) is 11.1 Å². The first-order chi connectivity index (χ1) is 10.6. The number of fused-ring (bicyclic) bond motifs is 1. The summed E-state index contributed by atoms with van der Waals surface area (Å²) in [5.74, 6) is -0.614. The zero-order valence-electron chi connectivity index (χ0n) is 11.7. The van der Waals surface area contributed by atoms with Crippen molar-refractivity contribution < 1.29 is 9.18 Å². The second-order valence-electron chi connectivity index (χ2n) is 4.99. The van der Waals surface area contributed by atoms with Gasteiger partial charge in [-0.2, -0.15) is 4.98 Å². The molecule has 0 radical (unpaired) electrons. The van der Waals surface area contributed by atoms with E-state index in [2.05, 4.69) is 16.0 Å². The summed E-state index contributed by atoms with van der Waals surface area (Å²) in [5.41, 5.74) is 1.79. The van der Waals surface area contributed by atoms with Crippen LogP contribution in [-0.4, -0.2) is 33.1 Å². The van der Waals surface area contributed by atoms with E-state index < -0.39 is 11.5 Å². The number of carbonyl (C=O) groups excluding carboxylic acids is 1. The molecule has 114 valence electrons. The molecule has 1 aliphatic heterocycles. The van der Waals surface area contributed by atoms with Crippen LogP contribution in [0.15, 0.2) is 40.3 Å². The lowest BCUT2D eigenvalue weighted by molar-refractivity contribution is -0.129. The molecule has 0 aliphatic carbocycles. The number of aromatic amines is 1. The van der Waals surface area contributed by atoms with Gasteiger partial charge in [0.2, 0.25) is 5.91 Å². The number of amides is 1. The van der Waals surface area contributed by atoms with Gasteiger partial charge in [0, 0.05) is 13.1 Å². The Morgan fingerprint density at radius 3 is 2.95 bits per heavy atom. The molecule has 2 heterocycles. The van der Waals surface area contributed by atoms with Gasteiger partial charge in [0.1, 0.15) is 5.03 Å². The van der Waals surface area contributed by atoms with Gasteiger partial charge in [0.15, 0.2) is 5.82 Å². The summed E-state index contributed by atoms with van der Waals surface area (Å²) >= 11 is 0.983. The van der Waals surface area contributed by atoms with Gasteiger partial charge in [-0.05, 0) is 17.5 Å². The lowest BCUT2D eigenvalue weighted by Gasteiger charge is -2.28. The number of rotatable bonds is 3. The average molecular weight is 319 g/mol. The minimum absolute atomic E-state index is 0.0470. The first kappa shape index (κ1) is 14.8. The van der Waals surface area contributed by atoms with E-state index >= 15 is 0 Å². The quantitative estimate of drug-likeness (QED) is 0.689. The molecule has 1 amide bonds. The predicted octanol–water partition coefficient (Wildman–Crippen LogP) is 1.59. The molecule has 2 aromatic rings. The highest BCUT2D eigenvalue weighted by Crippen LogP contribution is 2.21. The van der Waals surface area contributed by atoms with Crippen LogP contribution >= 0.6 is 11.8 Å². The van der Waals surface area contributed by atoms with E-state index in [4.69, 9.17) is 0 Å². The fraction of sp³-hybridized carbons (Fsp3) is 0.267. The van der Waals surface area contributed by atoms with Gasteiger partial charge in [-0.25, -0.2) is 9.18 Å². The smallest absolute Gasteiger partial charge is 0.337 e. The van der Waals surface area contributed by atoms with E-state index in [1.807, 2.05) is 18.2 Å². The Kier molecular flexibility index (Phi) is 4.24.